The van der Waals surface area contributed by atoms with Crippen LogP contribution in [0.3, 0.4) is 0 Å². The Hall–Kier alpha value is -4.16. The predicted molar refractivity (Wildman–Crippen MR) is 138 cm³/mol. The molecule has 0 fully saturated rings. The molecule has 0 atom stereocenters. The van der Waals surface area contributed by atoms with E-state index in [1.165, 1.54) is 54.9 Å². The van der Waals surface area contributed by atoms with Gasteiger partial charge in [-0.15, -0.1) is 0 Å². The van der Waals surface area contributed by atoms with Gasteiger partial charge in [-0.25, -0.2) is 0 Å². The van der Waals surface area contributed by atoms with Crippen LogP contribution in [0, 0.1) is 0 Å². The molecule has 0 heteroatoms. The van der Waals surface area contributed by atoms with E-state index in [9.17, 15) is 0 Å². The molecule has 0 aliphatic carbocycles. The van der Waals surface area contributed by atoms with Crippen molar-refractivity contribution in [2.75, 3.05) is 0 Å². The van der Waals surface area contributed by atoms with Crippen molar-refractivity contribution in [1.29, 1.82) is 0 Å². The van der Waals surface area contributed by atoms with E-state index in [1.54, 1.807) is 0 Å². The Kier molecular flexibility index (Phi) is 4.55. The lowest BCUT2D eigenvalue weighted by molar-refractivity contribution is 1.58. The highest BCUT2D eigenvalue weighted by molar-refractivity contribution is 5.91. The topological polar surface area (TPSA) is 0 Å². The molecule has 0 heterocycles. The standard InChI is InChI=1S/C32H22/c1-2-8-23(9-3-1)30-20-31(28-16-14-24-10-4-6-12-26(24)18-28)22-32(21-30)29-17-15-25-11-5-7-13-27(25)19-29/h1-22H. The first kappa shape index (κ1) is 18.6. The van der Waals surface area contributed by atoms with Gasteiger partial charge in [0.2, 0.25) is 0 Å². The van der Waals surface area contributed by atoms with Gasteiger partial charge in [0, 0.05) is 0 Å². The molecule has 0 aromatic heterocycles. The zero-order valence-corrected chi connectivity index (χ0v) is 17.7. The highest BCUT2D eigenvalue weighted by atomic mass is 14.1. The second-order valence-corrected chi connectivity index (χ2v) is 8.29. The normalized spacial score (nSPS) is 11.1. The van der Waals surface area contributed by atoms with Crippen LogP contribution in [0.15, 0.2) is 133 Å². The second kappa shape index (κ2) is 7.83. The molecule has 0 aliphatic rings. The summed E-state index contributed by atoms with van der Waals surface area (Å²) in [6, 6.07) is 48.2. The Morgan fingerprint density at radius 3 is 1.12 bits per heavy atom. The molecule has 0 amide bonds. The van der Waals surface area contributed by atoms with Crippen LogP contribution in [0.2, 0.25) is 0 Å². The highest BCUT2D eigenvalue weighted by Crippen LogP contribution is 2.35. The summed E-state index contributed by atoms with van der Waals surface area (Å²) in [6.45, 7) is 0. The van der Waals surface area contributed by atoms with E-state index >= 15 is 0 Å². The van der Waals surface area contributed by atoms with Crippen molar-refractivity contribution in [3.05, 3.63) is 133 Å². The molecule has 0 saturated carbocycles. The van der Waals surface area contributed by atoms with Crippen molar-refractivity contribution in [1.82, 2.24) is 0 Å². The quantitative estimate of drug-likeness (QED) is 0.275. The van der Waals surface area contributed by atoms with E-state index in [0.29, 0.717) is 0 Å². The van der Waals surface area contributed by atoms with E-state index in [2.05, 4.69) is 133 Å². The van der Waals surface area contributed by atoms with E-state index in [-0.39, 0.29) is 0 Å². The van der Waals surface area contributed by atoms with Crippen molar-refractivity contribution < 1.29 is 0 Å². The van der Waals surface area contributed by atoms with Crippen molar-refractivity contribution >= 4 is 21.5 Å². The van der Waals surface area contributed by atoms with Crippen LogP contribution in [-0.2, 0) is 0 Å². The van der Waals surface area contributed by atoms with E-state index in [1.807, 2.05) is 0 Å². The second-order valence-electron chi connectivity index (χ2n) is 8.29. The third-order valence-corrected chi connectivity index (χ3v) is 6.21. The van der Waals surface area contributed by atoms with Crippen molar-refractivity contribution in [3.63, 3.8) is 0 Å². The summed E-state index contributed by atoms with van der Waals surface area (Å²) in [5.74, 6) is 0. The smallest absolute Gasteiger partial charge is 0.0171 e. The maximum atomic E-state index is 2.32. The van der Waals surface area contributed by atoms with Gasteiger partial charge >= 0.3 is 0 Å². The molecule has 150 valence electrons. The first-order chi connectivity index (χ1) is 15.8. The molecule has 6 rings (SSSR count). The van der Waals surface area contributed by atoms with Crippen LogP contribution in [0.5, 0.6) is 0 Å². The number of hydrogen-bond acceptors (Lipinski definition) is 0. The fraction of sp³-hybridized carbons (Fsp3) is 0. The monoisotopic (exact) mass is 406 g/mol. The maximum Gasteiger partial charge on any atom is -0.0171 e. The SMILES string of the molecule is c1ccc(-c2cc(-c3ccc4ccccc4c3)cc(-c3ccc4ccccc4c3)c2)cc1. The molecular formula is C32H22. The molecule has 0 saturated heterocycles. The summed E-state index contributed by atoms with van der Waals surface area (Å²) < 4.78 is 0. The van der Waals surface area contributed by atoms with Gasteiger partial charge in [-0.05, 0) is 85.3 Å². The van der Waals surface area contributed by atoms with E-state index in [4.69, 9.17) is 0 Å². The van der Waals surface area contributed by atoms with Gasteiger partial charge in [0.25, 0.3) is 0 Å². The summed E-state index contributed by atoms with van der Waals surface area (Å²) in [6.07, 6.45) is 0. The Labute approximate surface area is 188 Å². The molecule has 0 aliphatic heterocycles. The largest absolute Gasteiger partial charge is 0.0622 e. The molecule has 0 unspecified atom stereocenters. The van der Waals surface area contributed by atoms with Crippen LogP contribution < -0.4 is 0 Å². The zero-order valence-electron chi connectivity index (χ0n) is 17.7. The minimum Gasteiger partial charge on any atom is -0.0622 e. The number of benzene rings is 6. The highest BCUT2D eigenvalue weighted by Gasteiger charge is 2.09. The molecule has 32 heavy (non-hydrogen) atoms. The van der Waals surface area contributed by atoms with Gasteiger partial charge in [0.1, 0.15) is 0 Å². The zero-order chi connectivity index (χ0) is 21.3. The summed E-state index contributed by atoms with van der Waals surface area (Å²) in [4.78, 5) is 0. The fourth-order valence-corrected chi connectivity index (χ4v) is 4.50. The lowest BCUT2D eigenvalue weighted by Crippen LogP contribution is -1.87. The molecular weight excluding hydrogens is 384 g/mol. The molecule has 0 nitrogen and oxygen atoms in total. The molecule has 0 radical (unpaired) electrons. The molecule has 0 N–H and O–H groups in total. The van der Waals surface area contributed by atoms with E-state index in [0.717, 1.165) is 0 Å². The van der Waals surface area contributed by atoms with Crippen LogP contribution in [0.4, 0.5) is 0 Å². The molecule has 6 aromatic rings. The van der Waals surface area contributed by atoms with Gasteiger partial charge in [-0.1, -0.05) is 103 Å². The van der Waals surface area contributed by atoms with Crippen LogP contribution in [0.25, 0.3) is 54.9 Å². The van der Waals surface area contributed by atoms with Gasteiger partial charge in [-0.3, -0.25) is 0 Å². The van der Waals surface area contributed by atoms with Crippen molar-refractivity contribution in [2.24, 2.45) is 0 Å². The summed E-state index contributed by atoms with van der Waals surface area (Å²) >= 11 is 0. The van der Waals surface area contributed by atoms with Gasteiger partial charge < -0.3 is 0 Å². The molecule has 0 bridgehead atoms. The van der Waals surface area contributed by atoms with Gasteiger partial charge in [0.15, 0.2) is 0 Å². The maximum absolute atomic E-state index is 2.32. The third kappa shape index (κ3) is 3.46. The number of rotatable bonds is 3. The fourth-order valence-electron chi connectivity index (χ4n) is 4.50. The minimum atomic E-state index is 1.23. The minimum absolute atomic E-state index is 1.23. The Morgan fingerprint density at radius 2 is 0.625 bits per heavy atom. The van der Waals surface area contributed by atoms with Crippen LogP contribution >= 0.6 is 0 Å². The molecule has 6 aromatic carbocycles. The lowest BCUT2D eigenvalue weighted by Gasteiger charge is -2.12. The average Bonchev–Trinajstić information content (AvgIpc) is 2.88. The Morgan fingerprint density at radius 1 is 0.219 bits per heavy atom. The van der Waals surface area contributed by atoms with Crippen LogP contribution in [0.1, 0.15) is 0 Å². The van der Waals surface area contributed by atoms with Crippen molar-refractivity contribution in [3.8, 4) is 33.4 Å². The molecule has 0 spiro atoms. The summed E-state index contributed by atoms with van der Waals surface area (Å²) in [7, 11) is 0. The third-order valence-electron chi connectivity index (χ3n) is 6.21. The Balaban J connectivity index is 1.56. The lowest BCUT2D eigenvalue weighted by atomic mass is 9.92. The van der Waals surface area contributed by atoms with E-state index < -0.39 is 0 Å². The van der Waals surface area contributed by atoms with Crippen LogP contribution in [-0.4, -0.2) is 0 Å². The summed E-state index contributed by atoms with van der Waals surface area (Å²) in [5.41, 5.74) is 7.42. The van der Waals surface area contributed by atoms with Gasteiger partial charge in [0.05, 0.1) is 0 Å². The summed E-state index contributed by atoms with van der Waals surface area (Å²) in [5, 5.41) is 5.07. The van der Waals surface area contributed by atoms with Gasteiger partial charge in [-0.2, -0.15) is 0 Å². The number of fused-ring (bicyclic) bond motifs is 2. The first-order valence-corrected chi connectivity index (χ1v) is 11.0. The average molecular weight is 407 g/mol. The van der Waals surface area contributed by atoms with Crippen molar-refractivity contribution in [2.45, 2.75) is 0 Å². The Bertz CT molecular complexity index is 1460. The number of hydrogen-bond donors (Lipinski definition) is 0. The predicted octanol–water partition coefficient (Wildman–Crippen LogP) is 8.99. The first-order valence-electron chi connectivity index (χ1n) is 11.0.